The molecule has 0 bridgehead atoms. The van der Waals surface area contributed by atoms with Gasteiger partial charge in [-0.2, -0.15) is 14.4 Å². The van der Waals surface area contributed by atoms with Crippen LogP contribution < -0.4 is 15.8 Å². The Bertz CT molecular complexity index is 864. The van der Waals surface area contributed by atoms with E-state index >= 15 is 4.39 Å². The van der Waals surface area contributed by atoms with E-state index in [0.717, 1.165) is 45.1 Å². The van der Waals surface area contributed by atoms with Gasteiger partial charge in [0.15, 0.2) is 11.6 Å². The van der Waals surface area contributed by atoms with Gasteiger partial charge in [0.1, 0.15) is 0 Å². The molecule has 1 spiro atoms. The zero-order valence-corrected chi connectivity index (χ0v) is 18.9. The molecular weight excluding hydrogens is 439 g/mol. The highest BCUT2D eigenvalue weighted by Crippen LogP contribution is 2.56. The number of hydroxylamine groups is 2. The number of halogens is 2. The summed E-state index contributed by atoms with van der Waals surface area (Å²) in [5, 5.41) is 9.95. The summed E-state index contributed by atoms with van der Waals surface area (Å²) in [5.74, 6) is -1.06. The largest absolute Gasteiger partial charge is 0.353 e. The van der Waals surface area contributed by atoms with Crippen LogP contribution in [0.25, 0.3) is 0 Å². The summed E-state index contributed by atoms with van der Waals surface area (Å²) in [5.41, 5.74) is 5.26. The first-order chi connectivity index (χ1) is 15.3. The standard InChI is InChI=1S/C21H30ClFN6O3/c1-13-9-28(11-21(13)6-7-21)18-16(23)17(24-20(22)25-18)26-27-19(31)15(10-29(32)12-30)8-14-4-2-3-5-14/h12-15,32H,2-11H2,1H3,(H,27,31)(H,24,25,26). The molecule has 11 heteroatoms. The van der Waals surface area contributed by atoms with Crippen molar-refractivity contribution in [3.8, 4) is 0 Å². The highest BCUT2D eigenvalue weighted by atomic mass is 35.5. The van der Waals surface area contributed by atoms with Crippen LogP contribution in [0, 0.1) is 29.0 Å². The van der Waals surface area contributed by atoms with E-state index < -0.39 is 17.6 Å². The number of nitrogens with zero attached hydrogens (tertiary/aromatic N) is 4. The normalized spacial score (nSPS) is 22.8. The molecule has 1 saturated heterocycles. The lowest BCUT2D eigenvalue weighted by molar-refractivity contribution is -0.154. The highest BCUT2D eigenvalue weighted by Gasteiger charge is 2.53. The molecule has 0 radical (unpaired) electrons. The van der Waals surface area contributed by atoms with Crippen LogP contribution in [-0.2, 0) is 9.59 Å². The Hall–Kier alpha value is -2.20. The molecule has 1 aliphatic heterocycles. The van der Waals surface area contributed by atoms with Gasteiger partial charge in [-0.05, 0) is 48.1 Å². The third-order valence-electron chi connectivity index (χ3n) is 7.34. The van der Waals surface area contributed by atoms with Gasteiger partial charge in [-0.15, -0.1) is 0 Å². The van der Waals surface area contributed by atoms with Crippen LogP contribution in [0.1, 0.15) is 51.9 Å². The molecule has 0 aromatic carbocycles. The Kier molecular flexibility index (Phi) is 6.71. The van der Waals surface area contributed by atoms with Crippen molar-refractivity contribution in [2.45, 2.75) is 51.9 Å². The van der Waals surface area contributed by atoms with Gasteiger partial charge in [0.25, 0.3) is 0 Å². The Morgan fingerprint density at radius 2 is 2.12 bits per heavy atom. The number of aromatic nitrogens is 2. The van der Waals surface area contributed by atoms with Crippen molar-refractivity contribution in [3.05, 3.63) is 11.1 Å². The lowest BCUT2D eigenvalue weighted by Gasteiger charge is -2.23. The molecule has 2 heterocycles. The molecule has 1 aromatic rings. The molecule has 2 aliphatic carbocycles. The van der Waals surface area contributed by atoms with Crippen LogP contribution in [-0.4, -0.2) is 52.2 Å². The van der Waals surface area contributed by atoms with Gasteiger partial charge in [0.2, 0.25) is 23.4 Å². The van der Waals surface area contributed by atoms with Gasteiger partial charge in [-0.25, -0.2) is 5.06 Å². The average Bonchev–Trinajstić information content (AvgIpc) is 3.23. The predicted octanol–water partition coefficient (Wildman–Crippen LogP) is 2.99. The topological polar surface area (TPSA) is 111 Å². The first kappa shape index (κ1) is 23.0. The second-order valence-electron chi connectivity index (χ2n) is 9.55. The van der Waals surface area contributed by atoms with Crippen molar-refractivity contribution in [1.29, 1.82) is 0 Å². The van der Waals surface area contributed by atoms with E-state index in [2.05, 4.69) is 27.7 Å². The van der Waals surface area contributed by atoms with Crippen LogP contribution in [0.5, 0.6) is 0 Å². The summed E-state index contributed by atoms with van der Waals surface area (Å²) in [6.07, 6.45) is 7.31. The average molecular weight is 469 g/mol. The van der Waals surface area contributed by atoms with Crippen molar-refractivity contribution >= 4 is 35.6 Å². The maximum atomic E-state index is 15.2. The van der Waals surface area contributed by atoms with Crippen molar-refractivity contribution in [1.82, 2.24) is 20.5 Å². The molecule has 9 nitrogen and oxygen atoms in total. The summed E-state index contributed by atoms with van der Waals surface area (Å²) in [6.45, 7) is 3.45. The quantitative estimate of drug-likeness (QED) is 0.221. The van der Waals surface area contributed by atoms with E-state index in [0.29, 0.717) is 29.9 Å². The van der Waals surface area contributed by atoms with Gasteiger partial charge < -0.3 is 4.90 Å². The number of anilines is 2. The fourth-order valence-electron chi connectivity index (χ4n) is 5.20. The number of hydrogen-bond acceptors (Lipinski definition) is 7. The van der Waals surface area contributed by atoms with Crippen LogP contribution in [0.15, 0.2) is 0 Å². The lowest BCUT2D eigenvalue weighted by Crippen LogP contribution is -2.41. The van der Waals surface area contributed by atoms with E-state index in [1.807, 2.05) is 4.90 Å². The smallest absolute Gasteiger partial charge is 0.243 e. The first-order valence-corrected chi connectivity index (χ1v) is 11.6. The Morgan fingerprint density at radius 3 is 2.75 bits per heavy atom. The fraction of sp³-hybridized carbons (Fsp3) is 0.714. The van der Waals surface area contributed by atoms with Gasteiger partial charge in [0.05, 0.1) is 12.5 Å². The second-order valence-corrected chi connectivity index (χ2v) is 9.89. The van der Waals surface area contributed by atoms with Crippen molar-refractivity contribution in [3.63, 3.8) is 0 Å². The minimum atomic E-state index is -0.677. The zero-order valence-electron chi connectivity index (χ0n) is 18.2. The number of hydrogen-bond donors (Lipinski definition) is 3. The molecule has 32 heavy (non-hydrogen) atoms. The molecule has 3 aliphatic rings. The summed E-state index contributed by atoms with van der Waals surface area (Å²) >= 11 is 6.06. The summed E-state index contributed by atoms with van der Waals surface area (Å²) < 4.78 is 15.2. The van der Waals surface area contributed by atoms with E-state index in [4.69, 9.17) is 11.6 Å². The SMILES string of the molecule is CC1CN(c2nc(Cl)nc(NNC(=O)C(CC3CCCC3)CN(O)C=O)c2F)CC12CC2. The molecule has 2 amide bonds. The van der Waals surface area contributed by atoms with Gasteiger partial charge in [-0.1, -0.05) is 32.6 Å². The van der Waals surface area contributed by atoms with E-state index in [-0.39, 0.29) is 35.3 Å². The molecule has 1 aromatic heterocycles. The molecule has 2 atom stereocenters. The molecule has 3 fully saturated rings. The maximum absolute atomic E-state index is 15.2. The number of amides is 2. The van der Waals surface area contributed by atoms with Crippen LogP contribution in [0.4, 0.5) is 16.0 Å². The van der Waals surface area contributed by atoms with Crippen LogP contribution in [0.2, 0.25) is 5.28 Å². The highest BCUT2D eigenvalue weighted by molar-refractivity contribution is 6.28. The number of carbonyl (C=O) groups is 2. The summed E-state index contributed by atoms with van der Waals surface area (Å²) in [7, 11) is 0. The van der Waals surface area contributed by atoms with Gasteiger partial charge in [0, 0.05) is 13.1 Å². The minimum Gasteiger partial charge on any atom is -0.353 e. The lowest BCUT2D eigenvalue weighted by atomic mass is 9.92. The van der Waals surface area contributed by atoms with E-state index in [1.165, 1.54) is 0 Å². The second kappa shape index (κ2) is 9.35. The molecule has 2 saturated carbocycles. The van der Waals surface area contributed by atoms with Crippen molar-refractivity contribution in [2.75, 3.05) is 30.0 Å². The third kappa shape index (κ3) is 4.91. The van der Waals surface area contributed by atoms with Crippen molar-refractivity contribution in [2.24, 2.45) is 23.2 Å². The summed E-state index contributed by atoms with van der Waals surface area (Å²) in [4.78, 5) is 33.5. The molecule has 4 rings (SSSR count). The minimum absolute atomic E-state index is 0.118. The maximum Gasteiger partial charge on any atom is 0.243 e. The Balaban J connectivity index is 1.44. The van der Waals surface area contributed by atoms with E-state index in [1.54, 1.807) is 0 Å². The monoisotopic (exact) mass is 468 g/mol. The van der Waals surface area contributed by atoms with Crippen LogP contribution in [0.3, 0.4) is 0 Å². The van der Waals surface area contributed by atoms with E-state index in [9.17, 15) is 14.8 Å². The fourth-order valence-corrected chi connectivity index (χ4v) is 5.37. The molecule has 2 unspecified atom stereocenters. The Morgan fingerprint density at radius 1 is 1.41 bits per heavy atom. The number of carbonyl (C=O) groups excluding carboxylic acids is 2. The van der Waals surface area contributed by atoms with Gasteiger partial charge in [-0.3, -0.25) is 25.6 Å². The number of hydrazine groups is 1. The molecule has 3 N–H and O–H groups in total. The van der Waals surface area contributed by atoms with Crippen LogP contribution >= 0.6 is 11.6 Å². The first-order valence-electron chi connectivity index (χ1n) is 11.3. The number of nitrogens with one attached hydrogen (secondary N) is 2. The molecule has 176 valence electrons. The Labute approximate surface area is 191 Å². The van der Waals surface area contributed by atoms with Crippen molar-refractivity contribution < 1.29 is 19.2 Å². The molecular formula is C21H30ClFN6O3. The summed E-state index contributed by atoms with van der Waals surface area (Å²) in [6, 6.07) is 0. The van der Waals surface area contributed by atoms with Gasteiger partial charge >= 0.3 is 0 Å². The zero-order chi connectivity index (χ0) is 22.9. The number of rotatable bonds is 9. The third-order valence-corrected chi connectivity index (χ3v) is 7.51. The predicted molar refractivity (Wildman–Crippen MR) is 116 cm³/mol.